The highest BCUT2D eigenvalue weighted by Crippen LogP contribution is 2.26. The molecule has 0 heterocycles. The molecule has 1 N–H and O–H groups in total. The van der Waals surface area contributed by atoms with Gasteiger partial charge in [-0.15, -0.1) is 0 Å². The van der Waals surface area contributed by atoms with E-state index < -0.39 is 0 Å². The van der Waals surface area contributed by atoms with Crippen molar-refractivity contribution in [2.75, 3.05) is 0 Å². The lowest BCUT2D eigenvalue weighted by molar-refractivity contribution is 0.472. The van der Waals surface area contributed by atoms with Crippen LogP contribution >= 0.6 is 0 Å². The number of phenols is 1. The van der Waals surface area contributed by atoms with Crippen LogP contribution in [0.4, 0.5) is 4.39 Å². The lowest BCUT2D eigenvalue weighted by Crippen LogP contribution is -1.81. The standard InChI is InChI=1S/C11H9FO/c1-7-10-4-3-9(12)6-8(10)2-5-11(7)13/h2-6,13H,1H3. The van der Waals surface area contributed by atoms with Gasteiger partial charge in [-0.1, -0.05) is 12.1 Å². The predicted molar refractivity (Wildman–Crippen MR) is 50.3 cm³/mol. The Morgan fingerprint density at radius 3 is 2.69 bits per heavy atom. The molecule has 1 nitrogen and oxygen atoms in total. The average molecular weight is 176 g/mol. The summed E-state index contributed by atoms with van der Waals surface area (Å²) in [6, 6.07) is 7.83. The summed E-state index contributed by atoms with van der Waals surface area (Å²) in [5.74, 6) is -0.00306. The fourth-order valence-corrected chi connectivity index (χ4v) is 1.44. The molecule has 0 aliphatic carbocycles. The van der Waals surface area contributed by atoms with E-state index in [1.165, 1.54) is 12.1 Å². The van der Waals surface area contributed by atoms with Crippen molar-refractivity contribution in [2.24, 2.45) is 0 Å². The number of halogens is 1. The van der Waals surface area contributed by atoms with E-state index in [9.17, 15) is 9.50 Å². The fourth-order valence-electron chi connectivity index (χ4n) is 1.44. The molecule has 0 saturated heterocycles. The first-order valence-corrected chi connectivity index (χ1v) is 4.06. The van der Waals surface area contributed by atoms with E-state index >= 15 is 0 Å². The van der Waals surface area contributed by atoms with E-state index in [0.29, 0.717) is 0 Å². The van der Waals surface area contributed by atoms with Crippen LogP contribution in [0.3, 0.4) is 0 Å². The van der Waals surface area contributed by atoms with Gasteiger partial charge in [0.1, 0.15) is 11.6 Å². The minimum absolute atomic E-state index is 0.249. The van der Waals surface area contributed by atoms with Gasteiger partial charge in [0.05, 0.1) is 0 Å². The Hall–Kier alpha value is -1.57. The number of rotatable bonds is 0. The molecule has 0 radical (unpaired) electrons. The Kier molecular flexibility index (Phi) is 1.69. The van der Waals surface area contributed by atoms with Crippen LogP contribution in [-0.4, -0.2) is 5.11 Å². The quantitative estimate of drug-likeness (QED) is 0.654. The van der Waals surface area contributed by atoms with Gasteiger partial charge < -0.3 is 5.11 Å². The monoisotopic (exact) mass is 176 g/mol. The van der Waals surface area contributed by atoms with Crippen LogP contribution in [-0.2, 0) is 0 Å². The fraction of sp³-hybridized carbons (Fsp3) is 0.0909. The maximum atomic E-state index is 12.8. The van der Waals surface area contributed by atoms with E-state index in [1.807, 2.05) is 6.92 Å². The molecule has 0 atom stereocenters. The third-order valence-corrected chi connectivity index (χ3v) is 2.22. The molecule has 0 unspecified atom stereocenters. The van der Waals surface area contributed by atoms with Gasteiger partial charge in [-0.25, -0.2) is 4.39 Å². The molecule has 0 fully saturated rings. The zero-order valence-electron chi connectivity index (χ0n) is 7.21. The first-order valence-electron chi connectivity index (χ1n) is 4.06. The largest absolute Gasteiger partial charge is 0.508 e. The van der Waals surface area contributed by atoms with Gasteiger partial charge in [-0.2, -0.15) is 0 Å². The molecule has 2 aromatic carbocycles. The van der Waals surface area contributed by atoms with Gasteiger partial charge in [-0.3, -0.25) is 0 Å². The van der Waals surface area contributed by atoms with Crippen LogP contribution in [0.25, 0.3) is 10.8 Å². The van der Waals surface area contributed by atoms with Crippen molar-refractivity contribution in [1.29, 1.82) is 0 Å². The van der Waals surface area contributed by atoms with Gasteiger partial charge in [-0.05, 0) is 41.5 Å². The number of fused-ring (bicyclic) bond motifs is 1. The molecule has 0 saturated carbocycles. The van der Waals surface area contributed by atoms with Gasteiger partial charge in [0, 0.05) is 0 Å². The highest BCUT2D eigenvalue weighted by molar-refractivity contribution is 5.87. The number of aryl methyl sites for hydroxylation is 1. The minimum atomic E-state index is -0.252. The van der Waals surface area contributed by atoms with Crippen molar-refractivity contribution < 1.29 is 9.50 Å². The highest BCUT2D eigenvalue weighted by Gasteiger charge is 2.02. The number of hydrogen-bond acceptors (Lipinski definition) is 1. The van der Waals surface area contributed by atoms with Gasteiger partial charge in [0.15, 0.2) is 0 Å². The summed E-state index contributed by atoms with van der Waals surface area (Å²) in [5, 5.41) is 11.1. The molecular formula is C11H9FO. The van der Waals surface area contributed by atoms with Crippen LogP contribution in [0.15, 0.2) is 30.3 Å². The Balaban J connectivity index is 2.87. The average Bonchev–Trinajstić information content (AvgIpc) is 2.12. The van der Waals surface area contributed by atoms with Crippen molar-refractivity contribution in [3.05, 3.63) is 41.7 Å². The second-order valence-electron chi connectivity index (χ2n) is 3.08. The maximum absolute atomic E-state index is 12.8. The lowest BCUT2D eigenvalue weighted by Gasteiger charge is -2.03. The number of benzene rings is 2. The summed E-state index contributed by atoms with van der Waals surface area (Å²) in [6.45, 7) is 1.82. The normalized spacial score (nSPS) is 10.6. The van der Waals surface area contributed by atoms with Crippen LogP contribution in [0.5, 0.6) is 5.75 Å². The Morgan fingerprint density at radius 1 is 1.15 bits per heavy atom. The minimum Gasteiger partial charge on any atom is -0.508 e. The zero-order valence-corrected chi connectivity index (χ0v) is 7.21. The third-order valence-electron chi connectivity index (χ3n) is 2.22. The van der Waals surface area contributed by atoms with Crippen LogP contribution in [0.1, 0.15) is 5.56 Å². The summed E-state index contributed by atoms with van der Waals surface area (Å²) in [5.41, 5.74) is 0.789. The highest BCUT2D eigenvalue weighted by atomic mass is 19.1. The van der Waals surface area contributed by atoms with Gasteiger partial charge >= 0.3 is 0 Å². The van der Waals surface area contributed by atoms with Crippen molar-refractivity contribution in [3.63, 3.8) is 0 Å². The van der Waals surface area contributed by atoms with E-state index in [4.69, 9.17) is 0 Å². The molecule has 2 aromatic rings. The summed E-state index contributed by atoms with van der Waals surface area (Å²) in [4.78, 5) is 0. The number of aromatic hydroxyl groups is 1. The van der Waals surface area contributed by atoms with E-state index in [2.05, 4.69) is 0 Å². The molecule has 0 bridgehead atoms. The maximum Gasteiger partial charge on any atom is 0.123 e. The second-order valence-corrected chi connectivity index (χ2v) is 3.08. The molecule has 0 aliphatic heterocycles. The molecule has 2 heteroatoms. The summed E-state index contributed by atoms with van der Waals surface area (Å²) >= 11 is 0. The molecule has 2 rings (SSSR count). The Labute approximate surface area is 75.4 Å². The van der Waals surface area contributed by atoms with Crippen LogP contribution in [0.2, 0.25) is 0 Å². The molecule has 13 heavy (non-hydrogen) atoms. The first-order chi connectivity index (χ1) is 6.18. The lowest BCUT2D eigenvalue weighted by atomic mass is 10.0. The zero-order chi connectivity index (χ0) is 9.42. The van der Waals surface area contributed by atoms with Crippen molar-refractivity contribution in [2.45, 2.75) is 6.92 Å². The first kappa shape index (κ1) is 8.05. The molecule has 0 spiro atoms. The van der Waals surface area contributed by atoms with Gasteiger partial charge in [0.2, 0.25) is 0 Å². The van der Waals surface area contributed by atoms with Crippen molar-refractivity contribution in [3.8, 4) is 5.75 Å². The smallest absolute Gasteiger partial charge is 0.123 e. The molecule has 66 valence electrons. The topological polar surface area (TPSA) is 20.2 Å². The van der Waals surface area contributed by atoms with Crippen LogP contribution in [0, 0.1) is 12.7 Å². The number of phenolic OH excluding ortho intramolecular Hbond substituents is 1. The van der Waals surface area contributed by atoms with Crippen molar-refractivity contribution >= 4 is 10.8 Å². The van der Waals surface area contributed by atoms with E-state index in [0.717, 1.165) is 16.3 Å². The predicted octanol–water partition coefficient (Wildman–Crippen LogP) is 2.99. The summed E-state index contributed by atoms with van der Waals surface area (Å²) in [7, 11) is 0. The van der Waals surface area contributed by atoms with E-state index in [-0.39, 0.29) is 11.6 Å². The molecule has 0 aliphatic rings. The Bertz CT molecular complexity index is 463. The molecule has 0 aromatic heterocycles. The summed E-state index contributed by atoms with van der Waals surface area (Å²) < 4.78 is 12.8. The van der Waals surface area contributed by atoms with E-state index in [1.54, 1.807) is 18.2 Å². The van der Waals surface area contributed by atoms with Crippen LogP contribution < -0.4 is 0 Å². The SMILES string of the molecule is Cc1c(O)ccc2cc(F)ccc12. The number of hydrogen-bond donors (Lipinski definition) is 1. The van der Waals surface area contributed by atoms with Crippen molar-refractivity contribution in [1.82, 2.24) is 0 Å². The Morgan fingerprint density at radius 2 is 1.92 bits per heavy atom. The molecule has 0 amide bonds. The summed E-state index contributed by atoms with van der Waals surface area (Å²) in [6.07, 6.45) is 0. The molecular weight excluding hydrogens is 167 g/mol. The second kappa shape index (κ2) is 2.73. The third kappa shape index (κ3) is 1.24. The van der Waals surface area contributed by atoms with Gasteiger partial charge in [0.25, 0.3) is 0 Å².